The van der Waals surface area contributed by atoms with Gasteiger partial charge in [-0.3, -0.25) is 4.79 Å². The average Bonchev–Trinajstić information content (AvgIpc) is 3.00. The number of carbonyl (C=O) groups excluding carboxylic acids is 1. The molecule has 28 heavy (non-hydrogen) atoms. The molecule has 0 radical (unpaired) electrons. The van der Waals surface area contributed by atoms with Gasteiger partial charge >= 0.3 is 0 Å². The van der Waals surface area contributed by atoms with Crippen molar-refractivity contribution < 1.29 is 15.0 Å². The molecule has 4 rings (SSSR count). The maximum atomic E-state index is 11.5. The largest absolute Gasteiger partial charge is 0.393 e. The first-order chi connectivity index (χ1) is 13.2. The van der Waals surface area contributed by atoms with E-state index in [2.05, 4.69) is 36.7 Å². The Morgan fingerprint density at radius 2 is 1.82 bits per heavy atom. The summed E-state index contributed by atoms with van der Waals surface area (Å²) in [5, 5.41) is 21.7. The molecule has 3 nitrogen and oxygen atoms in total. The second kappa shape index (κ2) is 7.64. The molecule has 4 aliphatic rings. The molecule has 2 N–H and O–H groups in total. The Bertz CT molecular complexity index is 609. The van der Waals surface area contributed by atoms with Crippen molar-refractivity contribution in [1.29, 1.82) is 0 Å². The lowest BCUT2D eigenvalue weighted by Gasteiger charge is -2.62. The Labute approximate surface area is 179 Å². The van der Waals surface area contributed by atoms with E-state index in [1.54, 1.807) is 0 Å². The van der Waals surface area contributed by atoms with Gasteiger partial charge in [0.1, 0.15) is 0 Å². The van der Waals surface area contributed by atoms with E-state index in [4.69, 9.17) is 0 Å². The highest BCUT2D eigenvalue weighted by atomic mass is 79.9. The fourth-order valence-electron chi connectivity index (χ4n) is 8.70. The number of hydrogen-bond acceptors (Lipinski definition) is 3. The molecule has 0 spiro atoms. The minimum Gasteiger partial charge on any atom is -0.393 e. The van der Waals surface area contributed by atoms with E-state index >= 15 is 0 Å². The van der Waals surface area contributed by atoms with E-state index in [-0.39, 0.29) is 22.3 Å². The molecule has 4 heteroatoms. The normalized spacial score (nSPS) is 51.7. The lowest BCUT2D eigenvalue weighted by molar-refractivity contribution is -0.174. The molecule has 10 atom stereocenters. The topological polar surface area (TPSA) is 57.5 Å². The van der Waals surface area contributed by atoms with Crippen LogP contribution in [0.3, 0.4) is 0 Å². The van der Waals surface area contributed by atoms with Gasteiger partial charge in [0, 0.05) is 6.42 Å². The zero-order valence-corrected chi connectivity index (χ0v) is 19.5. The summed E-state index contributed by atoms with van der Waals surface area (Å²) in [6.45, 7) is 7.15. The predicted molar refractivity (Wildman–Crippen MR) is 115 cm³/mol. The Morgan fingerprint density at radius 1 is 1.07 bits per heavy atom. The summed E-state index contributed by atoms with van der Waals surface area (Å²) in [6, 6.07) is 0. The highest BCUT2D eigenvalue weighted by Gasteiger charge is 2.63. The molecule has 0 aromatic carbocycles. The fraction of sp³-hybridized carbons (Fsp3) is 0.958. The Balaban J connectivity index is 1.56. The lowest BCUT2D eigenvalue weighted by Crippen LogP contribution is -2.58. The Hall–Kier alpha value is 0.0700. The Morgan fingerprint density at radius 3 is 2.54 bits per heavy atom. The van der Waals surface area contributed by atoms with Gasteiger partial charge in [-0.1, -0.05) is 20.8 Å². The first-order valence-corrected chi connectivity index (χ1v) is 12.5. The van der Waals surface area contributed by atoms with Gasteiger partial charge in [0.25, 0.3) is 0 Å². The van der Waals surface area contributed by atoms with E-state index in [1.165, 1.54) is 25.7 Å². The van der Waals surface area contributed by atoms with Crippen LogP contribution in [0.1, 0.15) is 85.0 Å². The van der Waals surface area contributed by atoms with Crippen LogP contribution in [0, 0.1) is 46.3 Å². The van der Waals surface area contributed by atoms with E-state index in [1.807, 2.05) is 0 Å². The van der Waals surface area contributed by atoms with Gasteiger partial charge in [-0.25, -0.2) is 0 Å². The quantitative estimate of drug-likeness (QED) is 0.565. The number of rotatable bonds is 4. The molecule has 0 aromatic heterocycles. The minimum absolute atomic E-state index is 0.00726. The first kappa shape index (κ1) is 21.3. The van der Waals surface area contributed by atoms with Crippen LogP contribution in [0.4, 0.5) is 0 Å². The lowest BCUT2D eigenvalue weighted by atomic mass is 9.43. The summed E-state index contributed by atoms with van der Waals surface area (Å²) in [5.41, 5.74) is 0.309. The molecule has 0 aliphatic heterocycles. The van der Waals surface area contributed by atoms with Crippen LogP contribution in [-0.4, -0.2) is 27.1 Å². The number of aliphatic hydroxyl groups is 2. The van der Waals surface area contributed by atoms with E-state index in [9.17, 15) is 15.0 Å². The maximum absolute atomic E-state index is 11.5. The van der Waals surface area contributed by atoms with Gasteiger partial charge < -0.3 is 10.2 Å². The van der Waals surface area contributed by atoms with Crippen LogP contribution in [0.15, 0.2) is 0 Å². The van der Waals surface area contributed by atoms with Crippen LogP contribution >= 0.6 is 15.9 Å². The molecule has 4 fully saturated rings. The van der Waals surface area contributed by atoms with Crippen LogP contribution in [0.2, 0.25) is 0 Å². The number of fused-ring (bicyclic) bond motifs is 5. The number of aliphatic hydroxyl groups excluding tert-OH is 2. The molecule has 4 aliphatic carbocycles. The fourth-order valence-corrected chi connectivity index (χ4v) is 8.93. The number of carbonyl (C=O) groups is 1. The van der Waals surface area contributed by atoms with Crippen LogP contribution < -0.4 is 0 Å². The summed E-state index contributed by atoms with van der Waals surface area (Å²) >= 11 is 3.09. The third-order valence-corrected chi connectivity index (χ3v) is 10.7. The zero-order chi connectivity index (χ0) is 20.3. The van der Waals surface area contributed by atoms with Crippen LogP contribution in [-0.2, 0) is 4.79 Å². The van der Waals surface area contributed by atoms with Gasteiger partial charge in [-0.05, 0) is 120 Å². The van der Waals surface area contributed by atoms with Gasteiger partial charge in [0.2, 0.25) is 0 Å². The summed E-state index contributed by atoms with van der Waals surface area (Å²) in [7, 11) is 0. The zero-order valence-electron chi connectivity index (χ0n) is 17.9. The maximum Gasteiger partial charge on any atom is 0.197 e. The first-order valence-electron chi connectivity index (χ1n) is 11.7. The summed E-state index contributed by atoms with van der Waals surface area (Å²) < 4.78 is 0.106. The average molecular weight is 455 g/mol. The second-order valence-electron chi connectivity index (χ2n) is 11.3. The summed E-state index contributed by atoms with van der Waals surface area (Å²) in [5.74, 6) is 3.62. The van der Waals surface area contributed by atoms with Crippen LogP contribution in [0.25, 0.3) is 0 Å². The molecule has 0 unspecified atom stereocenters. The smallest absolute Gasteiger partial charge is 0.197 e. The van der Waals surface area contributed by atoms with Crippen LogP contribution in [0.5, 0.6) is 0 Å². The van der Waals surface area contributed by atoms with Gasteiger partial charge in [-0.15, -0.1) is 0 Å². The molecule has 0 amide bonds. The van der Waals surface area contributed by atoms with Crippen molar-refractivity contribution in [3.63, 3.8) is 0 Å². The molecule has 0 heterocycles. The second-order valence-corrected chi connectivity index (χ2v) is 12.1. The van der Waals surface area contributed by atoms with Crippen molar-refractivity contribution >= 4 is 20.6 Å². The van der Waals surface area contributed by atoms with Crippen molar-refractivity contribution in [1.82, 2.24) is 0 Å². The van der Waals surface area contributed by atoms with Gasteiger partial charge in [0.15, 0.2) is 4.69 Å². The van der Waals surface area contributed by atoms with Crippen molar-refractivity contribution in [3.05, 3.63) is 0 Å². The summed E-state index contributed by atoms with van der Waals surface area (Å²) in [4.78, 5) is 11.4. The molecular formula is C24H39BrO3. The molecule has 0 saturated heterocycles. The third kappa shape index (κ3) is 3.24. The van der Waals surface area contributed by atoms with Crippen molar-refractivity contribution in [2.75, 3.05) is 0 Å². The molecule has 0 aromatic rings. The molecule has 4 saturated carbocycles. The van der Waals surface area contributed by atoms with E-state index in [0.717, 1.165) is 38.0 Å². The van der Waals surface area contributed by atoms with E-state index in [0.29, 0.717) is 41.4 Å². The molecular weight excluding hydrogens is 416 g/mol. The Kier molecular flexibility index (Phi) is 5.81. The van der Waals surface area contributed by atoms with Crippen molar-refractivity contribution in [2.45, 2.75) is 97.2 Å². The van der Waals surface area contributed by atoms with Gasteiger partial charge in [-0.2, -0.15) is 0 Å². The van der Waals surface area contributed by atoms with Crippen molar-refractivity contribution in [2.24, 2.45) is 46.3 Å². The summed E-state index contributed by atoms with van der Waals surface area (Å²) in [6.07, 6.45) is 10.2. The molecule has 0 bridgehead atoms. The molecule has 160 valence electrons. The highest BCUT2D eigenvalue weighted by Crippen LogP contribution is 2.68. The standard InChI is InChI=1S/C24H39BrO3/c1-14(4-9-22(25)28)18-7-8-19-17-6-5-15-12-16(26)10-11-23(15,2)20(17)13-21(27)24(18,19)3/h14-21,26-27H,4-13H2,1-3H3/t14-,15-,16-,17+,18-,19+,20+,21+,23+,24-/m1/s1. The highest BCUT2D eigenvalue weighted by molar-refractivity contribution is 9.18. The third-order valence-electron chi connectivity index (χ3n) is 10.3. The predicted octanol–water partition coefficient (Wildman–Crippen LogP) is 5.31. The van der Waals surface area contributed by atoms with Gasteiger partial charge in [0.05, 0.1) is 12.2 Å². The number of halogens is 1. The monoisotopic (exact) mass is 454 g/mol. The van der Waals surface area contributed by atoms with Crippen molar-refractivity contribution in [3.8, 4) is 0 Å². The number of hydrogen-bond donors (Lipinski definition) is 2. The SMILES string of the molecule is C[C@H](CCC(=O)Br)[C@H]1CC[C@H]2[C@@H]3CC[C@@H]4C[C@H](O)CC[C@]4(C)[C@H]3C[C@H](O)[C@]12C. The minimum atomic E-state index is -0.226. The van der Waals surface area contributed by atoms with E-state index < -0.39 is 0 Å².